The highest BCUT2D eigenvalue weighted by Crippen LogP contribution is 2.18. The van der Waals surface area contributed by atoms with Crippen LogP contribution in [0.4, 0.5) is 0 Å². The van der Waals surface area contributed by atoms with Crippen molar-refractivity contribution in [2.45, 2.75) is 18.4 Å². The molecule has 0 unspecified atom stereocenters. The van der Waals surface area contributed by atoms with Crippen LogP contribution in [0.5, 0.6) is 0 Å². The van der Waals surface area contributed by atoms with Crippen molar-refractivity contribution < 1.29 is 8.42 Å². The zero-order valence-corrected chi connectivity index (χ0v) is 12.9. The molecule has 5 heteroatoms. The highest BCUT2D eigenvalue weighted by Gasteiger charge is 2.20. The molecule has 0 aliphatic rings. The van der Waals surface area contributed by atoms with Crippen molar-refractivity contribution in [2.24, 2.45) is 0 Å². The molecule has 0 saturated carbocycles. The van der Waals surface area contributed by atoms with Gasteiger partial charge in [0.05, 0.1) is 4.90 Å². The lowest BCUT2D eigenvalue weighted by atomic mass is 10.2. The second kappa shape index (κ2) is 5.95. The first-order valence-corrected chi connectivity index (χ1v) is 7.99. The summed E-state index contributed by atoms with van der Waals surface area (Å²) in [5.74, 6) is 0. The summed E-state index contributed by atoms with van der Waals surface area (Å²) < 4.78 is 26.2. The quantitative estimate of drug-likeness (QED) is 0.867. The van der Waals surface area contributed by atoms with Crippen LogP contribution < -0.4 is 0 Å². The molecule has 2 aromatic carbocycles. The van der Waals surface area contributed by atoms with E-state index in [2.05, 4.69) is 0 Å². The van der Waals surface area contributed by atoms with Gasteiger partial charge in [-0.3, -0.25) is 0 Å². The fourth-order valence-electron chi connectivity index (χ4n) is 1.82. The monoisotopic (exact) mass is 309 g/mol. The third kappa shape index (κ3) is 3.39. The minimum absolute atomic E-state index is 0.305. The van der Waals surface area contributed by atoms with Gasteiger partial charge in [-0.1, -0.05) is 41.4 Å². The van der Waals surface area contributed by atoms with Gasteiger partial charge in [0.25, 0.3) is 0 Å². The van der Waals surface area contributed by atoms with E-state index in [-0.39, 0.29) is 0 Å². The maximum Gasteiger partial charge on any atom is 0.243 e. The van der Waals surface area contributed by atoms with Gasteiger partial charge < -0.3 is 0 Å². The highest BCUT2D eigenvalue weighted by atomic mass is 35.5. The van der Waals surface area contributed by atoms with Gasteiger partial charge in [0.2, 0.25) is 10.0 Å². The van der Waals surface area contributed by atoms with Crippen molar-refractivity contribution in [1.29, 1.82) is 0 Å². The third-order valence-corrected chi connectivity index (χ3v) is 5.12. The van der Waals surface area contributed by atoms with Crippen molar-refractivity contribution in [1.82, 2.24) is 4.31 Å². The van der Waals surface area contributed by atoms with E-state index in [0.29, 0.717) is 16.5 Å². The third-order valence-electron chi connectivity index (χ3n) is 3.05. The standard InChI is InChI=1S/C15H16ClNO2S/c1-12-3-9-15(10-4-12)20(18,19)17(2)11-13-5-7-14(16)8-6-13/h3-10H,11H2,1-2H3. The van der Waals surface area contributed by atoms with E-state index in [0.717, 1.165) is 11.1 Å². The molecule has 0 aliphatic heterocycles. The van der Waals surface area contributed by atoms with Crippen LogP contribution in [0, 0.1) is 6.92 Å². The SMILES string of the molecule is Cc1ccc(S(=O)(=O)N(C)Cc2ccc(Cl)cc2)cc1. The summed E-state index contributed by atoms with van der Waals surface area (Å²) in [5.41, 5.74) is 1.93. The van der Waals surface area contributed by atoms with Gasteiger partial charge in [-0.2, -0.15) is 4.31 Å². The Morgan fingerprint density at radius 1 is 1.00 bits per heavy atom. The normalized spacial score (nSPS) is 11.8. The summed E-state index contributed by atoms with van der Waals surface area (Å²) in [6.07, 6.45) is 0. The predicted molar refractivity (Wildman–Crippen MR) is 81.3 cm³/mol. The lowest BCUT2D eigenvalue weighted by molar-refractivity contribution is 0.467. The first-order chi connectivity index (χ1) is 9.39. The van der Waals surface area contributed by atoms with Crippen molar-refractivity contribution in [3.05, 3.63) is 64.7 Å². The Hall–Kier alpha value is -1.36. The second-order valence-electron chi connectivity index (χ2n) is 4.70. The predicted octanol–water partition coefficient (Wildman–Crippen LogP) is 3.47. The minimum atomic E-state index is -3.46. The zero-order chi connectivity index (χ0) is 14.8. The average molecular weight is 310 g/mol. The summed E-state index contributed by atoms with van der Waals surface area (Å²) >= 11 is 5.82. The van der Waals surface area contributed by atoms with Crippen LogP contribution in [-0.2, 0) is 16.6 Å². The number of nitrogens with zero attached hydrogens (tertiary/aromatic N) is 1. The van der Waals surface area contributed by atoms with Crippen LogP contribution in [0.25, 0.3) is 0 Å². The maximum absolute atomic E-state index is 12.4. The average Bonchev–Trinajstić information content (AvgIpc) is 2.42. The Bertz CT molecular complexity index is 679. The number of aryl methyl sites for hydroxylation is 1. The summed E-state index contributed by atoms with van der Waals surface area (Å²) in [4.78, 5) is 0.305. The Balaban J connectivity index is 2.21. The molecule has 0 fully saturated rings. The first-order valence-electron chi connectivity index (χ1n) is 6.17. The van der Waals surface area contributed by atoms with E-state index in [4.69, 9.17) is 11.6 Å². The smallest absolute Gasteiger partial charge is 0.207 e. The lowest BCUT2D eigenvalue weighted by Crippen LogP contribution is -2.26. The summed E-state index contributed by atoms with van der Waals surface area (Å²) in [6, 6.07) is 14.0. The van der Waals surface area contributed by atoms with E-state index in [1.165, 1.54) is 4.31 Å². The molecule has 20 heavy (non-hydrogen) atoms. The Morgan fingerprint density at radius 3 is 2.10 bits per heavy atom. The van der Waals surface area contributed by atoms with E-state index < -0.39 is 10.0 Å². The molecule has 0 atom stereocenters. The lowest BCUT2D eigenvalue weighted by Gasteiger charge is -2.17. The Morgan fingerprint density at radius 2 is 1.55 bits per heavy atom. The van der Waals surface area contributed by atoms with Crippen LogP contribution in [0.2, 0.25) is 5.02 Å². The molecule has 106 valence electrons. The zero-order valence-electron chi connectivity index (χ0n) is 11.4. The van der Waals surface area contributed by atoms with Gasteiger partial charge in [0.1, 0.15) is 0 Å². The van der Waals surface area contributed by atoms with E-state index >= 15 is 0 Å². The largest absolute Gasteiger partial charge is 0.243 e. The first kappa shape index (κ1) is 15.0. The Kier molecular flexibility index (Phi) is 4.48. The highest BCUT2D eigenvalue weighted by molar-refractivity contribution is 7.89. The molecule has 2 aromatic rings. The van der Waals surface area contributed by atoms with Gasteiger partial charge in [0, 0.05) is 18.6 Å². The summed E-state index contributed by atoms with van der Waals surface area (Å²) in [5, 5.41) is 0.637. The van der Waals surface area contributed by atoms with Crippen LogP contribution in [-0.4, -0.2) is 19.8 Å². The van der Waals surface area contributed by atoms with E-state index in [9.17, 15) is 8.42 Å². The number of sulfonamides is 1. The summed E-state index contributed by atoms with van der Waals surface area (Å²) in [7, 11) is -1.89. The van der Waals surface area contributed by atoms with Gasteiger partial charge in [-0.05, 0) is 36.8 Å². The molecule has 0 N–H and O–H groups in total. The van der Waals surface area contributed by atoms with Crippen molar-refractivity contribution >= 4 is 21.6 Å². The van der Waals surface area contributed by atoms with Crippen molar-refractivity contribution in [3.63, 3.8) is 0 Å². The number of hydrogen-bond acceptors (Lipinski definition) is 2. The van der Waals surface area contributed by atoms with Crippen molar-refractivity contribution in [3.8, 4) is 0 Å². The van der Waals surface area contributed by atoms with Crippen LogP contribution in [0.1, 0.15) is 11.1 Å². The molecule has 0 amide bonds. The van der Waals surface area contributed by atoms with E-state index in [1.54, 1.807) is 43.4 Å². The molecule has 2 rings (SSSR count). The van der Waals surface area contributed by atoms with Crippen LogP contribution in [0.3, 0.4) is 0 Å². The van der Waals surface area contributed by atoms with Gasteiger partial charge in [-0.25, -0.2) is 8.42 Å². The Labute approximate surface area is 124 Å². The molecule has 0 radical (unpaired) electrons. The molecule has 0 spiro atoms. The fourth-order valence-corrected chi connectivity index (χ4v) is 3.11. The molecule has 0 heterocycles. The van der Waals surface area contributed by atoms with Gasteiger partial charge in [0.15, 0.2) is 0 Å². The number of halogens is 1. The molecular weight excluding hydrogens is 294 g/mol. The molecule has 3 nitrogen and oxygen atoms in total. The number of benzene rings is 2. The topological polar surface area (TPSA) is 37.4 Å². The van der Waals surface area contributed by atoms with Gasteiger partial charge >= 0.3 is 0 Å². The van der Waals surface area contributed by atoms with E-state index in [1.807, 2.05) is 19.1 Å². The fraction of sp³-hybridized carbons (Fsp3) is 0.200. The minimum Gasteiger partial charge on any atom is -0.207 e. The number of rotatable bonds is 4. The van der Waals surface area contributed by atoms with Crippen LogP contribution in [0.15, 0.2) is 53.4 Å². The second-order valence-corrected chi connectivity index (χ2v) is 7.18. The number of hydrogen-bond donors (Lipinski definition) is 0. The molecular formula is C15H16ClNO2S. The summed E-state index contributed by atoms with van der Waals surface area (Å²) in [6.45, 7) is 2.24. The van der Waals surface area contributed by atoms with Crippen LogP contribution >= 0.6 is 11.6 Å². The van der Waals surface area contributed by atoms with Gasteiger partial charge in [-0.15, -0.1) is 0 Å². The van der Waals surface area contributed by atoms with Crippen molar-refractivity contribution in [2.75, 3.05) is 7.05 Å². The molecule has 0 saturated heterocycles. The molecule has 0 bridgehead atoms. The molecule has 0 aromatic heterocycles. The maximum atomic E-state index is 12.4. The molecule has 0 aliphatic carbocycles.